The van der Waals surface area contributed by atoms with E-state index in [-0.39, 0.29) is 30.4 Å². The lowest BCUT2D eigenvalue weighted by molar-refractivity contribution is -0.121. The van der Waals surface area contributed by atoms with Crippen molar-refractivity contribution in [3.8, 4) is 0 Å². The van der Waals surface area contributed by atoms with Gasteiger partial charge in [-0.15, -0.1) is 0 Å². The zero-order valence-electron chi connectivity index (χ0n) is 14.1. The van der Waals surface area contributed by atoms with Gasteiger partial charge in [0.15, 0.2) is 0 Å². The summed E-state index contributed by atoms with van der Waals surface area (Å²) in [5, 5.41) is 5.52. The molecule has 0 bridgehead atoms. The smallest absolute Gasteiger partial charge is 0.319 e. The first kappa shape index (κ1) is 17.8. The summed E-state index contributed by atoms with van der Waals surface area (Å²) in [4.78, 5) is 39.0. The lowest BCUT2D eigenvalue weighted by Gasteiger charge is -2.33. The minimum Gasteiger partial charge on any atom is -0.352 e. The summed E-state index contributed by atoms with van der Waals surface area (Å²) in [7, 11) is 3.46. The Morgan fingerprint density at radius 3 is 2.33 bits per heavy atom. The van der Waals surface area contributed by atoms with E-state index in [0.29, 0.717) is 18.7 Å². The van der Waals surface area contributed by atoms with Crippen LogP contribution in [0.4, 0.5) is 4.79 Å². The fourth-order valence-corrected chi connectivity index (χ4v) is 2.63. The molecule has 130 valence electrons. The Morgan fingerprint density at radius 2 is 1.75 bits per heavy atom. The van der Waals surface area contributed by atoms with Gasteiger partial charge in [0.25, 0.3) is 5.91 Å². The van der Waals surface area contributed by atoms with E-state index in [9.17, 15) is 14.4 Å². The molecule has 2 rings (SSSR count). The molecule has 1 aliphatic heterocycles. The molecule has 0 spiro atoms. The molecule has 0 radical (unpaired) electrons. The van der Waals surface area contributed by atoms with Crippen LogP contribution < -0.4 is 10.6 Å². The maximum Gasteiger partial charge on any atom is 0.319 e. The first-order valence-corrected chi connectivity index (χ1v) is 8.06. The molecular formula is C17H24N4O3. The van der Waals surface area contributed by atoms with Crippen molar-refractivity contribution < 1.29 is 14.4 Å². The summed E-state index contributed by atoms with van der Waals surface area (Å²) in [6, 6.07) is 8.81. The van der Waals surface area contributed by atoms with Gasteiger partial charge in [-0.25, -0.2) is 4.79 Å². The number of urea groups is 1. The fraction of sp³-hybridized carbons (Fsp3) is 0.471. The van der Waals surface area contributed by atoms with E-state index in [1.165, 1.54) is 0 Å². The molecule has 1 aliphatic rings. The standard InChI is InChI=1S/C17H24N4O3/c1-20(2)17(24)21-10-8-14(9-11-21)19-15(22)12-18-16(23)13-6-4-3-5-7-13/h3-7,14H,8-12H2,1-2H3,(H,18,23)(H,19,22). The Hall–Kier alpha value is -2.57. The molecule has 0 unspecified atom stereocenters. The number of benzene rings is 1. The summed E-state index contributed by atoms with van der Waals surface area (Å²) < 4.78 is 0. The third-order valence-corrected chi connectivity index (χ3v) is 3.96. The highest BCUT2D eigenvalue weighted by Gasteiger charge is 2.24. The number of likely N-dealkylation sites (tertiary alicyclic amines) is 1. The summed E-state index contributed by atoms with van der Waals surface area (Å²) in [5.74, 6) is -0.478. The molecule has 1 aromatic rings. The second-order valence-corrected chi connectivity index (χ2v) is 6.05. The predicted octanol–water partition coefficient (Wildman–Crippen LogP) is 0.679. The fourth-order valence-electron chi connectivity index (χ4n) is 2.63. The quantitative estimate of drug-likeness (QED) is 0.851. The van der Waals surface area contributed by atoms with E-state index in [1.54, 1.807) is 48.2 Å². The van der Waals surface area contributed by atoms with Crippen LogP contribution in [0.3, 0.4) is 0 Å². The van der Waals surface area contributed by atoms with Crippen LogP contribution in [0.15, 0.2) is 30.3 Å². The van der Waals surface area contributed by atoms with E-state index in [4.69, 9.17) is 0 Å². The number of piperidine rings is 1. The maximum absolute atomic E-state index is 12.0. The van der Waals surface area contributed by atoms with Crippen LogP contribution >= 0.6 is 0 Å². The first-order chi connectivity index (χ1) is 11.5. The third-order valence-electron chi connectivity index (χ3n) is 3.96. The molecule has 1 heterocycles. The average molecular weight is 332 g/mol. The van der Waals surface area contributed by atoms with Gasteiger partial charge in [-0.3, -0.25) is 9.59 Å². The van der Waals surface area contributed by atoms with Crippen molar-refractivity contribution in [3.63, 3.8) is 0 Å². The number of hydrogen-bond acceptors (Lipinski definition) is 3. The van der Waals surface area contributed by atoms with Crippen molar-refractivity contribution in [2.45, 2.75) is 18.9 Å². The van der Waals surface area contributed by atoms with Gasteiger partial charge in [0.2, 0.25) is 5.91 Å². The molecule has 1 fully saturated rings. The van der Waals surface area contributed by atoms with Crippen LogP contribution in [-0.4, -0.2) is 67.4 Å². The lowest BCUT2D eigenvalue weighted by Crippen LogP contribution is -2.50. The molecule has 0 atom stereocenters. The average Bonchev–Trinajstić information content (AvgIpc) is 2.60. The molecule has 4 amide bonds. The molecule has 1 aromatic carbocycles. The summed E-state index contributed by atoms with van der Waals surface area (Å²) in [6.45, 7) is 1.20. The van der Waals surface area contributed by atoms with Crippen LogP contribution in [0.5, 0.6) is 0 Å². The van der Waals surface area contributed by atoms with E-state index in [0.717, 1.165) is 12.8 Å². The number of nitrogens with zero attached hydrogens (tertiary/aromatic N) is 2. The van der Waals surface area contributed by atoms with Gasteiger partial charge in [-0.05, 0) is 25.0 Å². The van der Waals surface area contributed by atoms with Crippen molar-refractivity contribution in [3.05, 3.63) is 35.9 Å². The lowest BCUT2D eigenvalue weighted by atomic mass is 10.1. The van der Waals surface area contributed by atoms with Crippen LogP contribution in [-0.2, 0) is 4.79 Å². The van der Waals surface area contributed by atoms with Gasteiger partial charge in [-0.2, -0.15) is 0 Å². The Balaban J connectivity index is 1.70. The Labute approximate surface area is 142 Å². The maximum atomic E-state index is 12.0. The minimum atomic E-state index is -0.267. The summed E-state index contributed by atoms with van der Waals surface area (Å²) in [6.07, 6.45) is 1.44. The van der Waals surface area contributed by atoms with Crippen molar-refractivity contribution >= 4 is 17.8 Å². The van der Waals surface area contributed by atoms with Gasteiger partial charge < -0.3 is 20.4 Å². The highest BCUT2D eigenvalue weighted by atomic mass is 16.2. The molecule has 24 heavy (non-hydrogen) atoms. The zero-order chi connectivity index (χ0) is 17.5. The van der Waals surface area contributed by atoms with Crippen LogP contribution in [0.2, 0.25) is 0 Å². The second-order valence-electron chi connectivity index (χ2n) is 6.05. The number of nitrogens with one attached hydrogen (secondary N) is 2. The van der Waals surface area contributed by atoms with Gasteiger partial charge in [0.1, 0.15) is 0 Å². The monoisotopic (exact) mass is 332 g/mol. The molecule has 7 heteroatoms. The number of hydrogen-bond donors (Lipinski definition) is 2. The molecule has 0 aliphatic carbocycles. The van der Waals surface area contributed by atoms with Crippen molar-refractivity contribution in [1.29, 1.82) is 0 Å². The highest BCUT2D eigenvalue weighted by molar-refractivity contribution is 5.96. The molecule has 0 saturated carbocycles. The molecule has 1 saturated heterocycles. The number of rotatable bonds is 4. The molecular weight excluding hydrogens is 308 g/mol. The Bertz CT molecular complexity index is 581. The van der Waals surface area contributed by atoms with Crippen molar-refractivity contribution in [2.24, 2.45) is 0 Å². The van der Waals surface area contributed by atoms with E-state index in [2.05, 4.69) is 10.6 Å². The van der Waals surface area contributed by atoms with Crippen LogP contribution in [0.25, 0.3) is 0 Å². The van der Waals surface area contributed by atoms with Crippen molar-refractivity contribution in [2.75, 3.05) is 33.7 Å². The number of amides is 4. The third kappa shape index (κ3) is 4.97. The first-order valence-electron chi connectivity index (χ1n) is 8.06. The summed E-state index contributed by atoms with van der Waals surface area (Å²) in [5.41, 5.74) is 0.529. The van der Waals surface area contributed by atoms with Gasteiger partial charge in [0.05, 0.1) is 6.54 Å². The zero-order valence-corrected chi connectivity index (χ0v) is 14.1. The van der Waals surface area contributed by atoms with Gasteiger partial charge in [0, 0.05) is 38.8 Å². The van der Waals surface area contributed by atoms with Gasteiger partial charge in [-0.1, -0.05) is 18.2 Å². The molecule has 2 N–H and O–H groups in total. The van der Waals surface area contributed by atoms with Crippen molar-refractivity contribution in [1.82, 2.24) is 20.4 Å². The second kappa shape index (κ2) is 8.33. The number of carbonyl (C=O) groups is 3. The van der Waals surface area contributed by atoms with E-state index >= 15 is 0 Å². The van der Waals surface area contributed by atoms with E-state index < -0.39 is 0 Å². The molecule has 7 nitrogen and oxygen atoms in total. The Morgan fingerprint density at radius 1 is 1.12 bits per heavy atom. The SMILES string of the molecule is CN(C)C(=O)N1CCC(NC(=O)CNC(=O)c2ccccc2)CC1. The minimum absolute atomic E-state index is 0.00472. The molecule has 0 aromatic heterocycles. The van der Waals surface area contributed by atoms with Gasteiger partial charge >= 0.3 is 6.03 Å². The Kier molecular flexibility index (Phi) is 6.17. The largest absolute Gasteiger partial charge is 0.352 e. The van der Waals surface area contributed by atoms with E-state index in [1.807, 2.05) is 6.07 Å². The topological polar surface area (TPSA) is 81.8 Å². The predicted molar refractivity (Wildman–Crippen MR) is 90.6 cm³/mol. The number of carbonyl (C=O) groups excluding carboxylic acids is 3. The van der Waals surface area contributed by atoms with Crippen LogP contribution in [0, 0.1) is 0 Å². The summed E-state index contributed by atoms with van der Waals surface area (Å²) >= 11 is 0. The van der Waals surface area contributed by atoms with Crippen LogP contribution in [0.1, 0.15) is 23.2 Å². The normalized spacial score (nSPS) is 14.8. The highest BCUT2D eigenvalue weighted by Crippen LogP contribution is 2.11.